The van der Waals surface area contributed by atoms with Crippen LogP contribution < -0.4 is 16.2 Å². The largest absolute Gasteiger partial charge is 0.440 e. The molecule has 1 unspecified atom stereocenters. The van der Waals surface area contributed by atoms with E-state index in [-0.39, 0.29) is 0 Å². The Balaban J connectivity index is 1.27. The van der Waals surface area contributed by atoms with E-state index in [1.807, 2.05) is 34.4 Å². The van der Waals surface area contributed by atoms with Crippen molar-refractivity contribution in [1.29, 1.82) is 0 Å². The Morgan fingerprint density at radius 2 is 1.84 bits per heavy atom. The second kappa shape index (κ2) is 11.7. The molecule has 4 N–H and O–H groups in total. The molecule has 1 atom stereocenters. The molecule has 1 amide bonds. The minimum atomic E-state index is -0.716. The van der Waals surface area contributed by atoms with Crippen LogP contribution in [-0.4, -0.2) is 76.3 Å². The van der Waals surface area contributed by atoms with Crippen molar-refractivity contribution in [2.75, 3.05) is 44.2 Å². The molecule has 3 heterocycles. The maximum Gasteiger partial charge on any atom is 0.440 e. The first-order valence-corrected chi connectivity index (χ1v) is 13.3. The number of piperazine rings is 1. The number of halogens is 1. The number of benzene rings is 2. The summed E-state index contributed by atoms with van der Waals surface area (Å²) in [6.07, 6.45) is -0.665. The Morgan fingerprint density at radius 3 is 2.55 bits per heavy atom. The van der Waals surface area contributed by atoms with E-state index in [9.17, 15) is 9.90 Å². The Hall–Kier alpha value is -3.15. The molecule has 2 aliphatic rings. The summed E-state index contributed by atoms with van der Waals surface area (Å²) in [4.78, 5) is 21.7. The van der Waals surface area contributed by atoms with Gasteiger partial charge in [0, 0.05) is 73.2 Å². The van der Waals surface area contributed by atoms with E-state index in [2.05, 4.69) is 41.0 Å². The summed E-state index contributed by atoms with van der Waals surface area (Å²) in [7, 11) is 0. The number of aromatic nitrogens is 2. The zero-order valence-corrected chi connectivity index (χ0v) is 22.3. The first-order chi connectivity index (χ1) is 18.4. The number of aryl methyl sites for hydroxylation is 1. The standard InChI is InChI=1S/C27H34ClN7O3/c1-19-4-2-3-5-24(19)33-14-12-32(13-15-33)16-22(36)17-35-25-10-11-34(38-27(37)30-29)18-23(25)26(31-35)20-6-8-21(28)9-7-20/h2-9,22,36H,10-18,29H2,1H3,(H,30,37). The van der Waals surface area contributed by atoms with E-state index in [1.165, 1.54) is 11.3 Å². The molecule has 3 aromatic rings. The van der Waals surface area contributed by atoms with Crippen LogP contribution in [0, 0.1) is 6.92 Å². The maximum atomic E-state index is 11.7. The Kier molecular flexibility index (Phi) is 8.15. The van der Waals surface area contributed by atoms with Gasteiger partial charge >= 0.3 is 6.09 Å². The number of hydrogen-bond donors (Lipinski definition) is 3. The van der Waals surface area contributed by atoms with E-state index in [0.717, 1.165) is 48.7 Å². The highest BCUT2D eigenvalue weighted by Gasteiger charge is 2.29. The van der Waals surface area contributed by atoms with Crippen LogP contribution in [0.2, 0.25) is 5.02 Å². The topological polar surface area (TPSA) is 112 Å². The van der Waals surface area contributed by atoms with Crippen molar-refractivity contribution in [2.24, 2.45) is 5.84 Å². The van der Waals surface area contributed by atoms with Crippen LogP contribution in [0.25, 0.3) is 11.3 Å². The van der Waals surface area contributed by atoms with Crippen molar-refractivity contribution in [3.05, 3.63) is 70.4 Å². The number of aliphatic hydroxyl groups excluding tert-OH is 1. The Bertz CT molecular complexity index is 1260. The fraction of sp³-hybridized carbons (Fsp3) is 0.407. The Morgan fingerprint density at radius 1 is 1.11 bits per heavy atom. The quantitative estimate of drug-likeness (QED) is 0.239. The van der Waals surface area contributed by atoms with Gasteiger partial charge in [-0.15, -0.1) is 5.06 Å². The van der Waals surface area contributed by atoms with E-state index in [1.54, 1.807) is 5.06 Å². The van der Waals surface area contributed by atoms with Crippen LogP contribution in [0.4, 0.5) is 10.5 Å². The molecule has 38 heavy (non-hydrogen) atoms. The summed E-state index contributed by atoms with van der Waals surface area (Å²) < 4.78 is 1.91. The molecule has 5 rings (SSSR count). The van der Waals surface area contributed by atoms with E-state index >= 15 is 0 Å². The molecular weight excluding hydrogens is 506 g/mol. The lowest BCUT2D eigenvalue weighted by molar-refractivity contribution is -0.111. The lowest BCUT2D eigenvalue weighted by Crippen LogP contribution is -2.49. The summed E-state index contributed by atoms with van der Waals surface area (Å²) in [5.41, 5.74) is 8.26. The molecule has 0 radical (unpaired) electrons. The first-order valence-electron chi connectivity index (χ1n) is 12.9. The fourth-order valence-corrected chi connectivity index (χ4v) is 5.45. The van der Waals surface area contributed by atoms with Gasteiger partial charge in [-0.1, -0.05) is 41.9 Å². The van der Waals surface area contributed by atoms with Crippen LogP contribution >= 0.6 is 11.6 Å². The molecule has 1 saturated heterocycles. The number of β-amino-alcohol motifs (C(OH)–C–C–N with tert-alkyl or cyclic N) is 1. The summed E-state index contributed by atoms with van der Waals surface area (Å²) >= 11 is 6.11. The average molecular weight is 540 g/mol. The lowest BCUT2D eigenvalue weighted by atomic mass is 10.0. The molecule has 2 aromatic carbocycles. The average Bonchev–Trinajstić information content (AvgIpc) is 3.27. The van der Waals surface area contributed by atoms with Crippen molar-refractivity contribution >= 4 is 23.4 Å². The van der Waals surface area contributed by atoms with E-state index in [4.69, 9.17) is 27.4 Å². The second-order valence-electron chi connectivity index (χ2n) is 9.83. The first kappa shape index (κ1) is 26.5. The highest BCUT2D eigenvalue weighted by molar-refractivity contribution is 6.30. The molecule has 2 aliphatic heterocycles. The summed E-state index contributed by atoms with van der Waals surface area (Å²) in [6, 6.07) is 16.0. The Labute approximate surface area is 227 Å². The fourth-order valence-electron chi connectivity index (χ4n) is 5.32. The molecule has 1 fully saturated rings. The molecule has 202 valence electrons. The number of hydroxylamine groups is 2. The van der Waals surface area contributed by atoms with Crippen LogP contribution in [0.3, 0.4) is 0 Å². The van der Waals surface area contributed by atoms with Crippen LogP contribution in [0.5, 0.6) is 0 Å². The molecule has 11 heteroatoms. The number of anilines is 1. The summed E-state index contributed by atoms with van der Waals surface area (Å²) in [5.74, 6) is 5.18. The number of nitrogens with one attached hydrogen (secondary N) is 1. The van der Waals surface area contributed by atoms with Gasteiger partial charge in [-0.2, -0.15) is 5.10 Å². The number of hydrazine groups is 1. The van der Waals surface area contributed by atoms with Crippen molar-refractivity contribution in [1.82, 2.24) is 25.2 Å². The zero-order chi connectivity index (χ0) is 26.6. The van der Waals surface area contributed by atoms with E-state index < -0.39 is 12.2 Å². The summed E-state index contributed by atoms with van der Waals surface area (Å²) in [6.45, 7) is 7.65. The van der Waals surface area contributed by atoms with Gasteiger partial charge in [-0.25, -0.2) is 10.6 Å². The maximum absolute atomic E-state index is 11.7. The minimum absolute atomic E-state index is 0.373. The summed E-state index contributed by atoms with van der Waals surface area (Å²) in [5, 5.41) is 18.2. The number of aliphatic hydroxyl groups is 1. The lowest BCUT2D eigenvalue weighted by Gasteiger charge is -2.37. The highest BCUT2D eigenvalue weighted by Crippen LogP contribution is 2.31. The van der Waals surface area contributed by atoms with Gasteiger partial charge < -0.3 is 14.8 Å². The number of fused-ring (bicyclic) bond motifs is 1. The van der Waals surface area contributed by atoms with Crippen molar-refractivity contribution < 1.29 is 14.7 Å². The number of carbonyl (C=O) groups excluding carboxylic acids is 1. The molecule has 1 aromatic heterocycles. The number of amides is 1. The van der Waals surface area contributed by atoms with Gasteiger partial charge in [-0.3, -0.25) is 15.0 Å². The molecular formula is C27H34ClN7O3. The van der Waals surface area contributed by atoms with Crippen LogP contribution in [-0.2, 0) is 24.3 Å². The third kappa shape index (κ3) is 5.95. The third-order valence-electron chi connectivity index (χ3n) is 7.23. The predicted octanol–water partition coefficient (Wildman–Crippen LogP) is 2.57. The molecule has 0 spiro atoms. The van der Waals surface area contributed by atoms with Gasteiger partial charge in [-0.05, 0) is 30.7 Å². The van der Waals surface area contributed by atoms with Gasteiger partial charge in [0.1, 0.15) is 0 Å². The molecule has 0 bridgehead atoms. The number of nitrogens with two attached hydrogens (primary N) is 1. The number of nitrogens with zero attached hydrogens (tertiary/aromatic N) is 5. The predicted molar refractivity (Wildman–Crippen MR) is 146 cm³/mol. The van der Waals surface area contributed by atoms with Crippen molar-refractivity contribution in [3.8, 4) is 11.3 Å². The van der Waals surface area contributed by atoms with Gasteiger partial charge in [0.25, 0.3) is 0 Å². The normalized spacial score (nSPS) is 17.2. The molecule has 0 aliphatic carbocycles. The molecule has 10 nitrogen and oxygen atoms in total. The number of rotatable bonds is 7. The third-order valence-corrected chi connectivity index (χ3v) is 7.48. The highest BCUT2D eigenvalue weighted by atomic mass is 35.5. The SMILES string of the molecule is Cc1ccccc1N1CCN(CC(O)Cn2nc(-c3ccc(Cl)cc3)c3c2CCN(OC(=O)NN)C3)CC1. The van der Waals surface area contributed by atoms with Crippen LogP contribution in [0.1, 0.15) is 16.8 Å². The minimum Gasteiger partial charge on any atom is -0.390 e. The number of hydrogen-bond acceptors (Lipinski definition) is 8. The van der Waals surface area contributed by atoms with Gasteiger partial charge in [0.15, 0.2) is 0 Å². The van der Waals surface area contributed by atoms with Crippen molar-refractivity contribution in [2.45, 2.75) is 32.5 Å². The zero-order valence-electron chi connectivity index (χ0n) is 21.5. The number of carbonyl (C=O) groups is 1. The number of para-hydroxylation sites is 1. The molecule has 0 saturated carbocycles. The second-order valence-corrected chi connectivity index (χ2v) is 10.3. The van der Waals surface area contributed by atoms with Gasteiger partial charge in [0.2, 0.25) is 0 Å². The monoisotopic (exact) mass is 539 g/mol. The van der Waals surface area contributed by atoms with E-state index in [0.29, 0.717) is 37.6 Å². The van der Waals surface area contributed by atoms with Gasteiger partial charge in [0.05, 0.1) is 24.9 Å². The van der Waals surface area contributed by atoms with Crippen molar-refractivity contribution in [3.63, 3.8) is 0 Å². The van der Waals surface area contributed by atoms with Crippen LogP contribution in [0.15, 0.2) is 48.5 Å². The smallest absolute Gasteiger partial charge is 0.390 e.